The highest BCUT2D eigenvalue weighted by Gasteiger charge is 2.45. The van der Waals surface area contributed by atoms with E-state index in [1.807, 2.05) is 31.1 Å². The minimum absolute atomic E-state index is 0.0322. The largest absolute Gasteiger partial charge is 0.363 e. The Kier molecular flexibility index (Phi) is 3.71. The first-order valence-electron chi connectivity index (χ1n) is 7.95. The van der Waals surface area contributed by atoms with Gasteiger partial charge in [-0.2, -0.15) is 4.98 Å². The van der Waals surface area contributed by atoms with Gasteiger partial charge in [0.05, 0.1) is 0 Å². The van der Waals surface area contributed by atoms with Crippen molar-refractivity contribution in [2.75, 3.05) is 19.0 Å². The topological polar surface area (TPSA) is 55.1 Å². The van der Waals surface area contributed by atoms with Gasteiger partial charge in [-0.1, -0.05) is 11.2 Å². The summed E-state index contributed by atoms with van der Waals surface area (Å²) in [5.74, 6) is 0.571. The van der Waals surface area contributed by atoms with Crippen LogP contribution in [0.3, 0.4) is 0 Å². The lowest BCUT2D eigenvalue weighted by Gasteiger charge is -2.10. The summed E-state index contributed by atoms with van der Waals surface area (Å²) < 4.78 is 32.3. The van der Waals surface area contributed by atoms with Crippen molar-refractivity contribution < 1.29 is 13.3 Å². The molecule has 5 nitrogen and oxygen atoms in total. The van der Waals surface area contributed by atoms with E-state index in [4.69, 9.17) is 4.52 Å². The van der Waals surface area contributed by atoms with Gasteiger partial charge in [0.15, 0.2) is 0 Å². The fourth-order valence-electron chi connectivity index (χ4n) is 2.90. The number of pyridine rings is 1. The summed E-state index contributed by atoms with van der Waals surface area (Å²) in [6.07, 6.45) is 2.40. The van der Waals surface area contributed by atoms with Crippen LogP contribution in [0, 0.1) is 11.6 Å². The van der Waals surface area contributed by atoms with Crippen molar-refractivity contribution in [2.45, 2.75) is 18.3 Å². The number of halogens is 2. The van der Waals surface area contributed by atoms with Crippen molar-refractivity contribution in [3.8, 4) is 11.4 Å². The Labute approximate surface area is 143 Å². The average Bonchev–Trinajstić information content (AvgIpc) is 3.22. The van der Waals surface area contributed by atoms with Crippen LogP contribution in [0.15, 0.2) is 41.1 Å². The van der Waals surface area contributed by atoms with E-state index in [-0.39, 0.29) is 11.8 Å². The first-order chi connectivity index (χ1) is 12.0. The Morgan fingerprint density at radius 2 is 1.96 bits per heavy atom. The molecule has 4 rings (SSSR count). The fourth-order valence-corrected chi connectivity index (χ4v) is 2.90. The van der Waals surface area contributed by atoms with E-state index >= 15 is 0 Å². The van der Waals surface area contributed by atoms with Gasteiger partial charge in [0.25, 0.3) is 0 Å². The second-order valence-electron chi connectivity index (χ2n) is 6.37. The van der Waals surface area contributed by atoms with Crippen molar-refractivity contribution >= 4 is 5.82 Å². The maximum atomic E-state index is 13.9. The number of hydrogen-bond donors (Lipinski definition) is 0. The standard InChI is InChI=1S/C18H16F2N4O/c1-24(2)16-6-3-10(9-21-16)17-22-18(25-23-17)14-8-13(14)12-5-4-11(19)7-15(12)20/h3-7,9,13-14H,8H2,1-2H3/t13-,14+/m0/s1. The molecule has 3 aromatic rings. The average molecular weight is 342 g/mol. The lowest BCUT2D eigenvalue weighted by molar-refractivity contribution is 0.378. The van der Waals surface area contributed by atoms with E-state index < -0.39 is 11.6 Å². The van der Waals surface area contributed by atoms with Gasteiger partial charge < -0.3 is 9.42 Å². The lowest BCUT2D eigenvalue weighted by Crippen LogP contribution is -2.10. The van der Waals surface area contributed by atoms with Gasteiger partial charge in [-0.05, 0) is 36.1 Å². The number of rotatable bonds is 4. The molecule has 0 N–H and O–H groups in total. The maximum Gasteiger partial charge on any atom is 0.230 e. The van der Waals surface area contributed by atoms with Gasteiger partial charge >= 0.3 is 0 Å². The summed E-state index contributed by atoms with van der Waals surface area (Å²) in [4.78, 5) is 10.6. The van der Waals surface area contributed by atoms with Crippen molar-refractivity contribution in [1.82, 2.24) is 15.1 Å². The number of benzene rings is 1. The quantitative estimate of drug-likeness (QED) is 0.723. The summed E-state index contributed by atoms with van der Waals surface area (Å²) in [5.41, 5.74) is 1.24. The normalized spacial score (nSPS) is 19.0. The monoisotopic (exact) mass is 342 g/mol. The van der Waals surface area contributed by atoms with Crippen LogP contribution in [-0.4, -0.2) is 29.2 Å². The van der Waals surface area contributed by atoms with E-state index in [2.05, 4.69) is 15.1 Å². The zero-order valence-corrected chi connectivity index (χ0v) is 13.8. The number of hydrogen-bond acceptors (Lipinski definition) is 5. The van der Waals surface area contributed by atoms with Gasteiger partial charge in [-0.3, -0.25) is 0 Å². The summed E-state index contributed by atoms with van der Waals surface area (Å²) >= 11 is 0. The molecule has 0 radical (unpaired) electrons. The Hall–Kier alpha value is -2.83. The van der Waals surface area contributed by atoms with Gasteiger partial charge in [-0.15, -0.1) is 0 Å². The molecule has 0 bridgehead atoms. The van der Waals surface area contributed by atoms with Crippen LogP contribution in [0.1, 0.15) is 29.7 Å². The van der Waals surface area contributed by atoms with Gasteiger partial charge in [0.2, 0.25) is 11.7 Å². The molecule has 7 heteroatoms. The molecule has 2 heterocycles. The van der Waals surface area contributed by atoms with E-state index in [9.17, 15) is 8.78 Å². The zero-order valence-electron chi connectivity index (χ0n) is 13.8. The van der Waals surface area contributed by atoms with E-state index in [0.717, 1.165) is 17.4 Å². The third kappa shape index (κ3) is 2.97. The summed E-state index contributed by atoms with van der Waals surface area (Å²) in [6, 6.07) is 7.41. The molecule has 1 aliphatic carbocycles. The molecule has 1 aromatic carbocycles. The number of anilines is 1. The van der Waals surface area contributed by atoms with Crippen molar-refractivity contribution in [2.24, 2.45) is 0 Å². The fraction of sp³-hybridized carbons (Fsp3) is 0.278. The molecule has 2 atom stereocenters. The molecular weight excluding hydrogens is 326 g/mol. The van der Waals surface area contributed by atoms with Crippen LogP contribution in [0.2, 0.25) is 0 Å². The van der Waals surface area contributed by atoms with Crippen molar-refractivity contribution in [3.63, 3.8) is 0 Å². The van der Waals surface area contributed by atoms with Gasteiger partial charge in [-0.25, -0.2) is 13.8 Å². The molecule has 0 unspecified atom stereocenters. The van der Waals surface area contributed by atoms with E-state index in [1.54, 1.807) is 6.20 Å². The molecule has 1 aliphatic rings. The Balaban J connectivity index is 1.52. The molecule has 1 saturated carbocycles. The maximum absolute atomic E-state index is 13.9. The van der Waals surface area contributed by atoms with E-state index in [0.29, 0.717) is 23.7 Å². The minimum atomic E-state index is -0.577. The first kappa shape index (κ1) is 15.7. The SMILES string of the molecule is CN(C)c1ccc(-c2noc([C@@H]3C[C@H]3c3ccc(F)cc3F)n2)cn1. The Morgan fingerprint density at radius 1 is 1.12 bits per heavy atom. The molecule has 128 valence electrons. The molecular formula is C18H16F2N4O. The first-order valence-corrected chi connectivity index (χ1v) is 7.95. The van der Waals surface area contributed by atoms with Gasteiger partial charge in [0.1, 0.15) is 17.5 Å². The molecule has 0 saturated heterocycles. The van der Waals surface area contributed by atoms with Crippen LogP contribution in [-0.2, 0) is 0 Å². The minimum Gasteiger partial charge on any atom is -0.363 e. The van der Waals surface area contributed by atoms with Crippen LogP contribution in [0.4, 0.5) is 14.6 Å². The smallest absolute Gasteiger partial charge is 0.230 e. The predicted octanol–water partition coefficient (Wildman–Crippen LogP) is 3.75. The zero-order chi connectivity index (χ0) is 17.6. The second kappa shape index (κ2) is 5.91. The van der Waals surface area contributed by atoms with Crippen molar-refractivity contribution in [1.29, 1.82) is 0 Å². The molecule has 1 fully saturated rings. The Bertz CT molecular complexity index is 908. The molecule has 2 aromatic heterocycles. The van der Waals surface area contributed by atoms with Crippen LogP contribution in [0.25, 0.3) is 11.4 Å². The summed E-state index contributed by atoms with van der Waals surface area (Å²) in [6.45, 7) is 0. The second-order valence-corrected chi connectivity index (χ2v) is 6.37. The summed E-state index contributed by atoms with van der Waals surface area (Å²) in [5, 5.41) is 3.99. The van der Waals surface area contributed by atoms with Crippen LogP contribution >= 0.6 is 0 Å². The van der Waals surface area contributed by atoms with Gasteiger partial charge in [0, 0.05) is 37.8 Å². The molecule has 0 amide bonds. The highest BCUT2D eigenvalue weighted by molar-refractivity contribution is 5.55. The van der Waals surface area contributed by atoms with Crippen LogP contribution in [0.5, 0.6) is 0 Å². The third-order valence-corrected chi connectivity index (χ3v) is 4.38. The van der Waals surface area contributed by atoms with E-state index in [1.165, 1.54) is 12.1 Å². The third-order valence-electron chi connectivity index (χ3n) is 4.38. The molecule has 0 aliphatic heterocycles. The van der Waals surface area contributed by atoms with Crippen LogP contribution < -0.4 is 4.90 Å². The predicted molar refractivity (Wildman–Crippen MR) is 88.3 cm³/mol. The highest BCUT2D eigenvalue weighted by Crippen LogP contribution is 2.54. The Morgan fingerprint density at radius 3 is 2.64 bits per heavy atom. The number of nitrogens with zero attached hydrogens (tertiary/aromatic N) is 4. The highest BCUT2D eigenvalue weighted by atomic mass is 19.1. The lowest BCUT2D eigenvalue weighted by atomic mass is 10.1. The number of aromatic nitrogens is 3. The summed E-state index contributed by atoms with van der Waals surface area (Å²) in [7, 11) is 3.83. The molecule has 25 heavy (non-hydrogen) atoms. The molecule has 0 spiro atoms. The van der Waals surface area contributed by atoms with Crippen molar-refractivity contribution in [3.05, 3.63) is 59.6 Å².